The highest BCUT2D eigenvalue weighted by Gasteiger charge is 2.36. The first kappa shape index (κ1) is 28.3. The summed E-state index contributed by atoms with van der Waals surface area (Å²) in [5, 5.41) is 0.682. The molecule has 4 aromatic rings. The lowest BCUT2D eigenvalue weighted by Gasteiger charge is -2.35. The Balaban J connectivity index is 1.36. The lowest BCUT2D eigenvalue weighted by Crippen LogP contribution is -2.50. The molecule has 0 bridgehead atoms. The second-order valence-corrected chi connectivity index (χ2v) is 11.2. The van der Waals surface area contributed by atoms with Crippen LogP contribution in [0.25, 0.3) is 10.9 Å². The molecule has 14 heteroatoms. The van der Waals surface area contributed by atoms with E-state index in [4.69, 9.17) is 11.6 Å². The van der Waals surface area contributed by atoms with Gasteiger partial charge in [-0.05, 0) is 36.4 Å². The van der Waals surface area contributed by atoms with Gasteiger partial charge < -0.3 is 9.80 Å². The van der Waals surface area contributed by atoms with E-state index in [2.05, 4.69) is 9.97 Å². The summed E-state index contributed by atoms with van der Waals surface area (Å²) in [4.78, 5) is 36.3. The van der Waals surface area contributed by atoms with Crippen LogP contribution in [0.4, 0.5) is 18.9 Å². The molecule has 212 valence electrons. The van der Waals surface area contributed by atoms with Crippen molar-refractivity contribution in [3.05, 3.63) is 94.9 Å². The molecule has 3 heterocycles. The van der Waals surface area contributed by atoms with E-state index < -0.39 is 33.4 Å². The van der Waals surface area contributed by atoms with Crippen LogP contribution in [0.15, 0.2) is 78.1 Å². The molecule has 1 saturated heterocycles. The lowest BCUT2D eigenvalue weighted by molar-refractivity contribution is -0.136. The summed E-state index contributed by atoms with van der Waals surface area (Å²) in [6.07, 6.45) is -0.817. The van der Waals surface area contributed by atoms with Crippen LogP contribution >= 0.6 is 11.6 Å². The van der Waals surface area contributed by atoms with E-state index in [0.29, 0.717) is 11.5 Å². The van der Waals surface area contributed by atoms with Gasteiger partial charge in [-0.15, -0.1) is 0 Å². The Labute approximate surface area is 237 Å². The number of nitrogens with zero attached hydrogens (tertiary/aromatic N) is 4. The van der Waals surface area contributed by atoms with Crippen molar-refractivity contribution in [2.24, 2.45) is 0 Å². The van der Waals surface area contributed by atoms with Gasteiger partial charge in [-0.2, -0.15) is 13.2 Å². The maximum Gasteiger partial charge on any atom is 0.418 e. The van der Waals surface area contributed by atoms with Gasteiger partial charge in [-0.3, -0.25) is 24.3 Å². The molecule has 0 aliphatic carbocycles. The molecule has 2 aromatic carbocycles. The summed E-state index contributed by atoms with van der Waals surface area (Å²) < 4.78 is 70.5. The van der Waals surface area contributed by atoms with Gasteiger partial charge in [0.1, 0.15) is 4.90 Å². The number of sulfonamides is 1. The lowest BCUT2D eigenvalue weighted by atomic mass is 10.1. The second-order valence-electron chi connectivity index (χ2n) is 9.13. The Bertz CT molecular complexity index is 1750. The van der Waals surface area contributed by atoms with Crippen molar-refractivity contribution in [3.63, 3.8) is 0 Å². The number of fused-ring (bicyclic) bond motifs is 1. The summed E-state index contributed by atoms with van der Waals surface area (Å²) in [6, 6.07) is 11.7. The highest BCUT2D eigenvalue weighted by molar-refractivity contribution is 7.93. The number of para-hydroxylation sites is 1. The molecule has 0 unspecified atom stereocenters. The van der Waals surface area contributed by atoms with E-state index in [9.17, 15) is 31.2 Å². The molecule has 1 N–H and O–H groups in total. The van der Waals surface area contributed by atoms with Crippen molar-refractivity contribution in [1.82, 2.24) is 19.8 Å². The van der Waals surface area contributed by atoms with Crippen LogP contribution in [0.3, 0.4) is 0 Å². The first-order chi connectivity index (χ1) is 19.5. The third-order valence-corrected chi connectivity index (χ3v) is 8.26. The van der Waals surface area contributed by atoms with Gasteiger partial charge in [-0.1, -0.05) is 29.8 Å². The number of pyridine rings is 2. The Hall–Kier alpha value is -4.23. The van der Waals surface area contributed by atoms with Crippen molar-refractivity contribution < 1.29 is 31.2 Å². The molecular weight excluding hydrogens is 583 g/mol. The predicted octanol–water partition coefficient (Wildman–Crippen LogP) is 4.70. The molecule has 2 aromatic heterocycles. The molecule has 0 atom stereocenters. The zero-order chi connectivity index (χ0) is 29.4. The van der Waals surface area contributed by atoms with Gasteiger partial charge in [-0.25, -0.2) is 8.42 Å². The summed E-state index contributed by atoms with van der Waals surface area (Å²) in [5.74, 6) is -1.03. The van der Waals surface area contributed by atoms with E-state index in [-0.39, 0.29) is 58.6 Å². The molecule has 9 nitrogen and oxygen atoms in total. The molecule has 41 heavy (non-hydrogen) atoms. The fraction of sp³-hybridized carbons (Fsp3) is 0.185. The Morgan fingerprint density at radius 1 is 0.902 bits per heavy atom. The highest BCUT2D eigenvalue weighted by Crippen LogP contribution is 2.37. The van der Waals surface area contributed by atoms with Crippen LogP contribution in [-0.4, -0.2) is 66.2 Å². The SMILES string of the molecule is O=C(c1ccc(NS(=O)(=O)c2cccc3cccnc23)c(C(F)(F)F)c1)N1CCN(C(=O)c2ccncc2Cl)CC1. The first-order valence-corrected chi connectivity index (χ1v) is 14.1. The minimum absolute atomic E-state index is 0.0804. The zero-order valence-electron chi connectivity index (χ0n) is 21.1. The number of aromatic nitrogens is 2. The Morgan fingerprint density at radius 2 is 1.59 bits per heavy atom. The van der Waals surface area contributed by atoms with E-state index in [1.54, 1.807) is 18.2 Å². The van der Waals surface area contributed by atoms with Crippen molar-refractivity contribution in [2.45, 2.75) is 11.1 Å². The van der Waals surface area contributed by atoms with Crippen LogP contribution in [0.5, 0.6) is 0 Å². The molecule has 0 saturated carbocycles. The molecule has 0 radical (unpaired) electrons. The van der Waals surface area contributed by atoms with Crippen molar-refractivity contribution >= 4 is 50.0 Å². The summed E-state index contributed by atoms with van der Waals surface area (Å²) >= 11 is 6.05. The fourth-order valence-corrected chi connectivity index (χ4v) is 5.97. The summed E-state index contributed by atoms with van der Waals surface area (Å²) in [5.41, 5.74) is -1.96. The predicted molar refractivity (Wildman–Crippen MR) is 145 cm³/mol. The van der Waals surface area contributed by atoms with Gasteiger partial charge in [0.25, 0.3) is 21.8 Å². The minimum Gasteiger partial charge on any atom is -0.335 e. The largest absolute Gasteiger partial charge is 0.418 e. The monoisotopic (exact) mass is 603 g/mol. The number of carbonyl (C=O) groups excluding carboxylic acids is 2. The number of halogens is 4. The number of benzene rings is 2. The molecule has 0 spiro atoms. The maximum absolute atomic E-state index is 14.1. The third kappa shape index (κ3) is 5.81. The third-order valence-electron chi connectivity index (χ3n) is 6.56. The van der Waals surface area contributed by atoms with Crippen molar-refractivity contribution in [3.8, 4) is 0 Å². The number of piperazine rings is 1. The van der Waals surface area contributed by atoms with Crippen LogP contribution in [0.2, 0.25) is 5.02 Å². The quantitative estimate of drug-likeness (QED) is 0.354. The number of nitrogens with one attached hydrogen (secondary N) is 1. The fourth-order valence-electron chi connectivity index (χ4n) is 4.51. The molecule has 1 fully saturated rings. The average Bonchev–Trinajstić information content (AvgIpc) is 2.96. The number of amides is 2. The Kier molecular flexibility index (Phi) is 7.58. The van der Waals surface area contributed by atoms with E-state index in [1.165, 1.54) is 46.6 Å². The van der Waals surface area contributed by atoms with E-state index in [1.807, 2.05) is 4.72 Å². The molecule has 1 aliphatic rings. The summed E-state index contributed by atoms with van der Waals surface area (Å²) in [6.45, 7) is 0.451. The smallest absolute Gasteiger partial charge is 0.335 e. The van der Waals surface area contributed by atoms with Crippen molar-refractivity contribution in [2.75, 3.05) is 30.9 Å². The van der Waals surface area contributed by atoms with Crippen molar-refractivity contribution in [1.29, 1.82) is 0 Å². The number of hydrogen-bond acceptors (Lipinski definition) is 6. The van der Waals surface area contributed by atoms with Crippen LogP contribution in [0, 0.1) is 0 Å². The average molecular weight is 604 g/mol. The standard InChI is InChI=1S/C27H21ClF3N5O4S/c28-21-16-32-10-8-19(21)26(38)36-13-11-35(12-14-36)25(37)18-6-7-22(20(15-18)27(29,30)31)34-41(39,40)23-5-1-3-17-4-2-9-33-24(17)23/h1-10,15-16,34H,11-14H2. The van der Waals surface area contributed by atoms with E-state index in [0.717, 1.165) is 12.1 Å². The van der Waals surface area contributed by atoms with Gasteiger partial charge >= 0.3 is 6.18 Å². The molecule has 5 rings (SSSR count). The maximum atomic E-state index is 14.1. The highest BCUT2D eigenvalue weighted by atomic mass is 35.5. The van der Waals surface area contributed by atoms with Gasteiger partial charge in [0.05, 0.1) is 27.4 Å². The molecular formula is C27H21ClF3N5O4S. The zero-order valence-corrected chi connectivity index (χ0v) is 22.7. The number of anilines is 1. The number of carbonyl (C=O) groups is 2. The van der Waals surface area contributed by atoms with Gasteiger partial charge in [0.2, 0.25) is 0 Å². The van der Waals surface area contributed by atoms with Gasteiger partial charge in [0, 0.05) is 55.7 Å². The van der Waals surface area contributed by atoms with E-state index >= 15 is 0 Å². The first-order valence-electron chi connectivity index (χ1n) is 12.2. The number of hydrogen-bond donors (Lipinski definition) is 1. The normalized spacial score (nSPS) is 14.2. The second kappa shape index (κ2) is 11.0. The van der Waals surface area contributed by atoms with Crippen LogP contribution < -0.4 is 4.72 Å². The van der Waals surface area contributed by atoms with Crippen LogP contribution in [-0.2, 0) is 16.2 Å². The molecule has 1 aliphatic heterocycles. The Morgan fingerprint density at radius 3 is 2.27 bits per heavy atom. The molecule has 2 amide bonds. The summed E-state index contributed by atoms with van der Waals surface area (Å²) in [7, 11) is -4.48. The van der Waals surface area contributed by atoms with Crippen LogP contribution in [0.1, 0.15) is 26.3 Å². The minimum atomic E-state index is -4.97. The topological polar surface area (TPSA) is 113 Å². The van der Waals surface area contributed by atoms with Gasteiger partial charge in [0.15, 0.2) is 0 Å². The number of rotatable bonds is 5. The number of alkyl halides is 3.